The lowest BCUT2D eigenvalue weighted by Crippen LogP contribution is -2.15. The Morgan fingerprint density at radius 2 is 0.964 bits per heavy atom. The van der Waals surface area contributed by atoms with E-state index >= 15 is 0 Å². The molecule has 296 valence electrons. The maximum Gasteiger partial charge on any atom is 0.343 e. The number of ether oxygens (including phenoxy) is 5. The minimum atomic E-state index is -0.660. The van der Waals surface area contributed by atoms with Gasteiger partial charge in [0.05, 0.1) is 37.0 Å². The van der Waals surface area contributed by atoms with Gasteiger partial charge in [-0.15, -0.1) is 0 Å². The van der Waals surface area contributed by atoms with Crippen molar-refractivity contribution in [1.82, 2.24) is 0 Å². The van der Waals surface area contributed by atoms with Gasteiger partial charge >= 0.3 is 29.8 Å². The highest BCUT2D eigenvalue weighted by Crippen LogP contribution is 2.39. The molecule has 0 aliphatic heterocycles. The van der Waals surface area contributed by atoms with Crippen LogP contribution in [0.5, 0.6) is 11.5 Å². The van der Waals surface area contributed by atoms with Crippen molar-refractivity contribution in [3.63, 3.8) is 0 Å². The first-order chi connectivity index (χ1) is 27.2. The zero-order chi connectivity index (χ0) is 39.9. The van der Waals surface area contributed by atoms with Crippen LogP contribution >= 0.6 is 0 Å². The molecule has 3 aromatic carbocycles. The topological polar surface area (TPSA) is 132 Å². The molecular weight excluding hydrogens is 712 g/mol. The standard InChI is InChI=1S/C46H52O10/c1-4-42(47)53-28-6-8-31-10-14-33(15-11-31)35-18-22-37(23-19-35)45(50)55-40-27-26-39(44(49)52-3)30-41(40)56-46(51)38-24-20-36(21-25-38)34-16-12-32(13-17-34)9-7-29-54-43(48)5-2/h4-5,18-27,30-34H,1-2,6-17,28-29H2,3H3/t31-,32?,33-,34?. The molecule has 0 radical (unpaired) electrons. The lowest BCUT2D eigenvalue weighted by molar-refractivity contribution is -0.138. The molecular formula is C46H52O10. The van der Waals surface area contributed by atoms with Crippen LogP contribution in [-0.2, 0) is 23.8 Å². The second-order valence-corrected chi connectivity index (χ2v) is 14.6. The summed E-state index contributed by atoms with van der Waals surface area (Å²) in [4.78, 5) is 61.5. The van der Waals surface area contributed by atoms with Crippen LogP contribution < -0.4 is 9.47 Å². The van der Waals surface area contributed by atoms with Gasteiger partial charge in [-0.05, 0) is 154 Å². The Labute approximate surface area is 329 Å². The van der Waals surface area contributed by atoms with Gasteiger partial charge in [0.25, 0.3) is 0 Å². The highest BCUT2D eigenvalue weighted by molar-refractivity contribution is 5.95. The number of rotatable bonds is 17. The van der Waals surface area contributed by atoms with Crippen molar-refractivity contribution in [2.75, 3.05) is 20.3 Å². The van der Waals surface area contributed by atoms with Crippen LogP contribution in [0.2, 0.25) is 0 Å². The molecule has 2 saturated carbocycles. The van der Waals surface area contributed by atoms with Gasteiger partial charge < -0.3 is 23.7 Å². The van der Waals surface area contributed by atoms with Gasteiger partial charge in [-0.3, -0.25) is 0 Å². The van der Waals surface area contributed by atoms with Gasteiger partial charge in [0, 0.05) is 12.2 Å². The third kappa shape index (κ3) is 12.0. The molecule has 0 saturated heterocycles. The molecule has 0 N–H and O–H groups in total. The molecule has 3 aromatic rings. The number of carbonyl (C=O) groups excluding carboxylic acids is 5. The number of methoxy groups -OCH3 is 1. The third-order valence-electron chi connectivity index (χ3n) is 11.0. The second kappa shape index (κ2) is 21.0. The largest absolute Gasteiger partial charge is 0.465 e. The predicted octanol–water partition coefficient (Wildman–Crippen LogP) is 9.48. The molecule has 10 heteroatoms. The fraction of sp³-hybridized carbons (Fsp3) is 0.413. The average molecular weight is 765 g/mol. The molecule has 2 aliphatic carbocycles. The van der Waals surface area contributed by atoms with Crippen LogP contribution in [0.25, 0.3) is 0 Å². The van der Waals surface area contributed by atoms with Gasteiger partial charge in [-0.1, -0.05) is 37.4 Å². The summed E-state index contributed by atoms with van der Waals surface area (Å²) in [5.41, 5.74) is 3.10. The first-order valence-electron chi connectivity index (χ1n) is 19.6. The van der Waals surface area contributed by atoms with E-state index < -0.39 is 17.9 Å². The van der Waals surface area contributed by atoms with Gasteiger partial charge in [0.15, 0.2) is 11.5 Å². The fourth-order valence-electron chi connectivity index (χ4n) is 7.79. The van der Waals surface area contributed by atoms with E-state index in [0.717, 1.165) is 88.2 Å². The number of benzene rings is 3. The number of carbonyl (C=O) groups is 5. The molecule has 0 bridgehead atoms. The van der Waals surface area contributed by atoms with Gasteiger partial charge in [-0.25, -0.2) is 24.0 Å². The van der Waals surface area contributed by atoms with Crippen molar-refractivity contribution in [3.8, 4) is 11.5 Å². The number of hydrogen-bond donors (Lipinski definition) is 0. The van der Waals surface area contributed by atoms with Crippen LogP contribution in [0.15, 0.2) is 92.0 Å². The van der Waals surface area contributed by atoms with Crippen LogP contribution in [0.3, 0.4) is 0 Å². The predicted molar refractivity (Wildman–Crippen MR) is 211 cm³/mol. The van der Waals surface area contributed by atoms with Crippen LogP contribution in [0.4, 0.5) is 0 Å². The van der Waals surface area contributed by atoms with Crippen LogP contribution in [-0.4, -0.2) is 50.2 Å². The van der Waals surface area contributed by atoms with Gasteiger partial charge in [0.2, 0.25) is 0 Å². The molecule has 56 heavy (non-hydrogen) atoms. The SMILES string of the molecule is C=CC(=O)OCCCC1CCC(c2ccc(C(=O)Oc3cc(C(=O)OC)ccc3OC(=O)c3ccc([C@H]4CC[C@H](CCCOC(=O)C=C)CC4)cc3)cc2)CC1. The maximum atomic E-state index is 13.4. The average Bonchev–Trinajstić information content (AvgIpc) is 3.24. The summed E-state index contributed by atoms with van der Waals surface area (Å²) in [6.45, 7) is 7.67. The highest BCUT2D eigenvalue weighted by atomic mass is 16.6. The summed E-state index contributed by atoms with van der Waals surface area (Å²) in [5.74, 6) is -0.794. The van der Waals surface area contributed by atoms with E-state index in [1.807, 2.05) is 24.3 Å². The molecule has 0 unspecified atom stereocenters. The molecule has 0 spiro atoms. The van der Waals surface area contributed by atoms with E-state index in [2.05, 4.69) is 13.2 Å². The zero-order valence-electron chi connectivity index (χ0n) is 32.2. The monoisotopic (exact) mass is 764 g/mol. The summed E-state index contributed by atoms with van der Waals surface area (Å²) in [7, 11) is 1.25. The highest BCUT2D eigenvalue weighted by Gasteiger charge is 2.25. The molecule has 0 aromatic heterocycles. The molecule has 2 fully saturated rings. The van der Waals surface area contributed by atoms with E-state index in [9.17, 15) is 24.0 Å². The number of esters is 5. The van der Waals surface area contributed by atoms with Crippen molar-refractivity contribution < 1.29 is 47.7 Å². The van der Waals surface area contributed by atoms with Gasteiger partial charge in [-0.2, -0.15) is 0 Å². The van der Waals surface area contributed by atoms with E-state index in [1.54, 1.807) is 24.3 Å². The molecule has 5 rings (SSSR count). The van der Waals surface area contributed by atoms with Crippen molar-refractivity contribution in [2.24, 2.45) is 11.8 Å². The Bertz CT molecular complexity index is 1830. The second-order valence-electron chi connectivity index (χ2n) is 14.6. The van der Waals surface area contributed by atoms with E-state index in [-0.39, 0.29) is 29.0 Å². The minimum absolute atomic E-state index is 0.00935. The third-order valence-corrected chi connectivity index (χ3v) is 11.0. The Hall–Kier alpha value is -5.51. The van der Waals surface area contributed by atoms with Crippen molar-refractivity contribution in [1.29, 1.82) is 0 Å². The van der Waals surface area contributed by atoms with E-state index in [1.165, 1.54) is 37.5 Å². The quantitative estimate of drug-likeness (QED) is 0.0431. The maximum absolute atomic E-state index is 13.4. The van der Waals surface area contributed by atoms with E-state index in [0.29, 0.717) is 48.0 Å². The summed E-state index contributed by atoms with van der Waals surface area (Å²) in [6, 6.07) is 18.9. The zero-order valence-corrected chi connectivity index (χ0v) is 32.2. The molecule has 10 nitrogen and oxygen atoms in total. The first-order valence-corrected chi connectivity index (χ1v) is 19.6. The normalized spacial score (nSPS) is 19.2. The first kappa shape index (κ1) is 41.6. The van der Waals surface area contributed by atoms with E-state index in [4.69, 9.17) is 23.7 Å². The van der Waals surface area contributed by atoms with Crippen LogP contribution in [0, 0.1) is 11.8 Å². The molecule has 0 heterocycles. The Kier molecular flexibility index (Phi) is 15.6. The smallest absolute Gasteiger partial charge is 0.343 e. The summed E-state index contributed by atoms with van der Waals surface area (Å²) < 4.78 is 26.5. The summed E-state index contributed by atoms with van der Waals surface area (Å²) in [6.07, 6.45) is 14.6. The lowest BCUT2D eigenvalue weighted by Gasteiger charge is -2.29. The molecule has 2 aliphatic rings. The Morgan fingerprint density at radius 3 is 1.38 bits per heavy atom. The van der Waals surface area contributed by atoms with Crippen molar-refractivity contribution in [2.45, 2.75) is 88.9 Å². The van der Waals surface area contributed by atoms with Crippen LogP contribution in [0.1, 0.15) is 131 Å². The lowest BCUT2D eigenvalue weighted by atomic mass is 9.77. The summed E-state index contributed by atoms with van der Waals surface area (Å²) >= 11 is 0. The fourth-order valence-corrected chi connectivity index (χ4v) is 7.79. The Balaban J connectivity index is 1.15. The van der Waals surface area contributed by atoms with Crippen molar-refractivity contribution in [3.05, 3.63) is 120 Å². The van der Waals surface area contributed by atoms with Gasteiger partial charge in [0.1, 0.15) is 0 Å². The molecule has 0 atom stereocenters. The molecule has 0 amide bonds. The summed E-state index contributed by atoms with van der Waals surface area (Å²) in [5, 5.41) is 0. The van der Waals surface area contributed by atoms with Crippen molar-refractivity contribution >= 4 is 29.8 Å². The minimum Gasteiger partial charge on any atom is -0.465 e. The number of hydrogen-bond acceptors (Lipinski definition) is 10. The Morgan fingerprint density at radius 1 is 0.554 bits per heavy atom.